The second-order valence-electron chi connectivity index (χ2n) is 32.3. The van der Waals surface area contributed by atoms with E-state index in [2.05, 4.69) is 39.0 Å². The molecule has 0 bridgehead atoms. The molecule has 0 radical (unpaired) electrons. The normalized spacial score (nSPS) is 11.0. The summed E-state index contributed by atoms with van der Waals surface area (Å²) < 4.78 is 162. The highest BCUT2D eigenvalue weighted by Crippen LogP contribution is 2.38. The number of hydrogen-bond donors (Lipinski definition) is 0. The molecule has 0 N–H and O–H groups in total. The number of furan rings is 1. The van der Waals surface area contributed by atoms with Gasteiger partial charge in [-0.1, -0.05) is 172 Å². The predicted octanol–water partition coefficient (Wildman–Crippen LogP) is 26.8. The van der Waals surface area contributed by atoms with Gasteiger partial charge in [0, 0.05) is 121 Å². The molecule has 0 atom stereocenters. The number of ether oxygens (including phenoxy) is 5. The fourth-order valence-corrected chi connectivity index (χ4v) is 16.1. The summed E-state index contributed by atoms with van der Waals surface area (Å²) in [6, 6.07) is 82.1. The van der Waals surface area contributed by atoms with Crippen LogP contribution >= 0.6 is 0 Å². The Morgan fingerprint density at radius 2 is 0.607 bits per heavy atom. The molecule has 0 aliphatic heterocycles. The molecule has 0 spiro atoms. The lowest BCUT2D eigenvalue weighted by atomic mass is 9.96. The molecule has 0 saturated heterocycles. The number of aryl methyl sites for hydroxylation is 3. The minimum atomic E-state index is -0.831. The van der Waals surface area contributed by atoms with E-state index in [9.17, 15) is 63.5 Å². The monoisotopic (exact) mass is 1950 g/mol. The Morgan fingerprint density at radius 1 is 0.310 bits per heavy atom. The summed E-state index contributed by atoms with van der Waals surface area (Å²) in [5.74, 6) is -5.65. The highest BCUT2D eigenvalue weighted by molar-refractivity contribution is 5.91. The van der Waals surface area contributed by atoms with E-state index in [4.69, 9.17) is 28.1 Å². The van der Waals surface area contributed by atoms with Crippen LogP contribution in [0.15, 0.2) is 394 Å². The molecule has 0 fully saturated rings. The third-order valence-corrected chi connectivity index (χ3v) is 22.8. The number of halogens is 9. The van der Waals surface area contributed by atoms with Crippen molar-refractivity contribution in [2.24, 2.45) is 0 Å². The number of nitrogens with zero attached hydrogens (tertiary/aromatic N) is 10. The number of pyridine rings is 5. The van der Waals surface area contributed by atoms with Gasteiger partial charge in [-0.3, -0.25) is 24.0 Å². The molecule has 0 aliphatic rings. The Bertz CT molecular complexity index is 8860. The maximum atomic E-state index is 14.2. The Balaban J connectivity index is 0.000000124. The van der Waals surface area contributed by atoms with Crippen LogP contribution < -0.4 is 50.8 Å². The average Bonchev–Trinajstić information content (AvgIpc) is 1.75. The highest BCUT2D eigenvalue weighted by Gasteiger charge is 2.23. The molecule has 21 aromatic rings. The second kappa shape index (κ2) is 44.1. The van der Waals surface area contributed by atoms with E-state index in [1.54, 1.807) is 103 Å². The number of fused-ring (bicyclic) bond motifs is 5. The lowest BCUT2D eigenvalue weighted by Gasteiger charge is -2.12. The minimum Gasteiger partial charge on any atom is -0.464 e. The number of aromatic nitrogens is 10. The first-order valence-electron chi connectivity index (χ1n) is 45.2. The van der Waals surface area contributed by atoms with Gasteiger partial charge >= 0.3 is 0 Å². The number of allylic oxidation sites excluding steroid dienone is 1. The van der Waals surface area contributed by atoms with Crippen LogP contribution in [0.2, 0.25) is 0 Å². The zero-order valence-electron chi connectivity index (χ0n) is 77.4. The molecule has 0 aliphatic carbocycles. The van der Waals surface area contributed by atoms with Gasteiger partial charge in [-0.25, -0.2) is 62.1 Å². The van der Waals surface area contributed by atoms with Gasteiger partial charge in [-0.2, -0.15) is 0 Å². The van der Waals surface area contributed by atoms with E-state index < -0.39 is 52.4 Å². The van der Waals surface area contributed by atoms with Crippen molar-refractivity contribution < 1.29 is 67.6 Å². The molecule has 21 nitrogen and oxygen atoms in total. The van der Waals surface area contributed by atoms with Crippen LogP contribution in [0.1, 0.15) is 55.0 Å². The topological polar surface area (TPSA) is 231 Å². The Labute approximate surface area is 819 Å². The van der Waals surface area contributed by atoms with Crippen molar-refractivity contribution in [2.75, 3.05) is 0 Å². The van der Waals surface area contributed by atoms with E-state index >= 15 is 0 Å². The molecular formula is C115H81F9N10O11. The lowest BCUT2D eigenvalue weighted by molar-refractivity contribution is 0.416. The molecule has 11 aromatic heterocycles. The zero-order chi connectivity index (χ0) is 101. The number of benzene rings is 10. The maximum absolute atomic E-state index is 14.2. The minimum absolute atomic E-state index is 0.0851. The van der Waals surface area contributed by atoms with Crippen LogP contribution in [0.4, 0.5) is 39.5 Å². The van der Waals surface area contributed by atoms with Crippen LogP contribution in [0.5, 0.6) is 58.1 Å². The molecule has 30 heteroatoms. The molecule has 0 amide bonds. The van der Waals surface area contributed by atoms with E-state index in [1.807, 2.05) is 153 Å². The largest absolute Gasteiger partial charge is 0.464 e. The van der Waals surface area contributed by atoms with E-state index in [1.165, 1.54) is 110 Å². The van der Waals surface area contributed by atoms with Gasteiger partial charge in [-0.15, -0.1) is 25.5 Å². The summed E-state index contributed by atoms with van der Waals surface area (Å²) >= 11 is 0. The Kier molecular flexibility index (Phi) is 29.7. The molecule has 0 saturated carbocycles. The van der Waals surface area contributed by atoms with Crippen molar-refractivity contribution >= 4 is 39.7 Å². The number of rotatable bonds is 21. The van der Waals surface area contributed by atoms with Gasteiger partial charge in [0.2, 0.25) is 29.4 Å². The molecular weight excluding hydrogens is 1870 g/mol. The Morgan fingerprint density at radius 3 is 0.938 bits per heavy atom. The third-order valence-electron chi connectivity index (χ3n) is 22.8. The predicted molar refractivity (Wildman–Crippen MR) is 537 cm³/mol. The summed E-state index contributed by atoms with van der Waals surface area (Å²) in [7, 11) is 0. The van der Waals surface area contributed by atoms with Crippen molar-refractivity contribution in [2.45, 2.75) is 47.0 Å². The average molecular weight is 1950 g/mol. The highest BCUT2D eigenvalue weighted by atomic mass is 19.2. The molecule has 145 heavy (non-hydrogen) atoms. The van der Waals surface area contributed by atoms with Crippen molar-refractivity contribution in [3.63, 3.8) is 0 Å². The Hall–Kier alpha value is -18.9. The van der Waals surface area contributed by atoms with Crippen molar-refractivity contribution in [3.05, 3.63) is 497 Å². The second-order valence-corrected chi connectivity index (χ2v) is 32.3. The van der Waals surface area contributed by atoms with Crippen molar-refractivity contribution in [1.29, 1.82) is 0 Å². The summed E-state index contributed by atoms with van der Waals surface area (Å²) in [6.45, 7) is 11.6. The zero-order valence-corrected chi connectivity index (χ0v) is 77.4. The lowest BCUT2D eigenvalue weighted by Crippen LogP contribution is -2.10. The third kappa shape index (κ3) is 22.2. The summed E-state index contributed by atoms with van der Waals surface area (Å²) in [5.41, 5.74) is 14.4. The van der Waals surface area contributed by atoms with Crippen LogP contribution in [0.25, 0.3) is 107 Å². The van der Waals surface area contributed by atoms with Gasteiger partial charge in [-0.05, 0) is 185 Å². The first-order chi connectivity index (χ1) is 70.3. The smallest absolute Gasteiger partial charge is 0.237 e. The molecule has 10 aromatic carbocycles. The van der Waals surface area contributed by atoms with Crippen LogP contribution in [-0.4, -0.2) is 48.1 Å². The first-order valence-corrected chi connectivity index (χ1v) is 45.2. The van der Waals surface area contributed by atoms with E-state index in [0.717, 1.165) is 129 Å². The fraction of sp³-hybridized carbons (Fsp3) is 0.0609. The molecule has 720 valence electrons. The SMILES string of the molecule is C/C=C/c1ccccc1-c1c(=O)ccn2nc(Oc3ccc(F)cc3F)ccc12.C=Cc1ccccc1-c1c(=O)ccn2nc(Oc3ccc(F)cc3F)ccc12.CCCc1ccccc1-c1c(=O)ccn2nc(Oc3ccc(F)cc3F)ccc12.CCc1ccccc1-c1c(=O)ccn2nc(Oc3ccc(F)cc3F)ccc12.Cc1ccc(Oc2ccc3c(-c4ccccc4-c4ccco4)c(=O)ccn3n2)c(F)c1. The summed E-state index contributed by atoms with van der Waals surface area (Å²) in [4.78, 5) is 63.4. The van der Waals surface area contributed by atoms with Gasteiger partial charge in [0.25, 0.3) is 0 Å². The van der Waals surface area contributed by atoms with Crippen molar-refractivity contribution in [3.8, 4) is 125 Å². The molecule has 11 heterocycles. The van der Waals surface area contributed by atoms with Crippen LogP contribution in [0, 0.1) is 59.3 Å². The summed E-state index contributed by atoms with van der Waals surface area (Å²) in [6.07, 6.45) is 17.4. The number of hydrogen-bond acceptors (Lipinski definition) is 16. The van der Waals surface area contributed by atoms with Gasteiger partial charge in [0.05, 0.1) is 61.7 Å². The quantitative estimate of drug-likeness (QED) is 0.0609. The first kappa shape index (κ1) is 97.8. The molecule has 21 rings (SSSR count). The maximum Gasteiger partial charge on any atom is 0.237 e. The molecule has 0 unspecified atom stereocenters. The van der Waals surface area contributed by atoms with Gasteiger partial charge in [0.1, 0.15) is 29.0 Å². The van der Waals surface area contributed by atoms with Gasteiger partial charge in [0.15, 0.2) is 85.0 Å². The fourth-order valence-electron chi connectivity index (χ4n) is 16.1. The summed E-state index contributed by atoms with van der Waals surface area (Å²) in [5, 5.41) is 21.7. The van der Waals surface area contributed by atoms with E-state index in [0.29, 0.717) is 61.2 Å². The van der Waals surface area contributed by atoms with E-state index in [-0.39, 0.29) is 85.3 Å². The van der Waals surface area contributed by atoms with Crippen molar-refractivity contribution in [1.82, 2.24) is 48.1 Å². The van der Waals surface area contributed by atoms with Crippen LogP contribution in [-0.2, 0) is 12.8 Å². The van der Waals surface area contributed by atoms with Crippen LogP contribution in [0.3, 0.4) is 0 Å². The standard InChI is InChI=1S/C25H17FN2O3.C23H18F2N2O2.C23H16F2N2O2.C22H16F2N2O2.C22H14F2N2O2/c1-16-8-10-23(19(26)15-16)31-24-11-9-20-25(21(29)12-13-28(20)27-24)18-6-3-2-5-17(18)22-7-4-14-30-22;2*1-2-5-15-6-3-4-7-17(15)23-19-9-11-22(26-27(19)13-12-20(23)28)29-21-10-8-16(24)14-18(21)25;2*1-2-14-5-3-4-6-16(14)22-18-8-10-21(25-26(18)12-11-19(22)27)28-20-9-7-15(23)13-17(20)24/h2-15H,1H3;3-4,6-14H,2,5H2,1H3;2-14H,1H3;3-13H,2H2,1H3;2-13H,1H2/b;;5-2+;;. The van der Waals surface area contributed by atoms with Gasteiger partial charge < -0.3 is 28.1 Å².